The predicted octanol–water partition coefficient (Wildman–Crippen LogP) is 3.08. The lowest BCUT2D eigenvalue weighted by Crippen LogP contribution is -2.51. The van der Waals surface area contributed by atoms with Crippen LogP contribution in [0.15, 0.2) is 48.5 Å². The van der Waals surface area contributed by atoms with Crippen molar-refractivity contribution in [3.05, 3.63) is 64.7 Å². The summed E-state index contributed by atoms with van der Waals surface area (Å²) in [6, 6.07) is 15.3. The molecular formula is C23H29ClN4O2. The van der Waals surface area contributed by atoms with Crippen LogP contribution in [0.3, 0.4) is 0 Å². The number of rotatable bonds is 7. The number of amides is 2. The number of carbonyl (C=O) groups is 2. The quantitative estimate of drug-likeness (QED) is 0.711. The lowest BCUT2D eigenvalue weighted by Gasteiger charge is -2.34. The largest absolute Gasteiger partial charge is 0.348 e. The summed E-state index contributed by atoms with van der Waals surface area (Å²) in [4.78, 5) is 29.0. The standard InChI is InChI=1S/C23H29ClN4O2/c1-17-7-3-4-8-19(17)18(2)25-22(29)15-27-11-13-28(14-12-27)16-23(30)26-21-10-6-5-9-20(21)24/h3-10,18H,11-16H2,1-2H3,(H,25,29)(H,26,30)/t18-/m0/s1. The van der Waals surface area contributed by atoms with Gasteiger partial charge in [0.15, 0.2) is 0 Å². The van der Waals surface area contributed by atoms with E-state index < -0.39 is 0 Å². The van der Waals surface area contributed by atoms with E-state index in [1.165, 1.54) is 5.56 Å². The fraction of sp³-hybridized carbons (Fsp3) is 0.391. The number of piperazine rings is 1. The molecule has 160 valence electrons. The van der Waals surface area contributed by atoms with Crippen LogP contribution in [-0.2, 0) is 9.59 Å². The second-order valence-electron chi connectivity index (χ2n) is 7.73. The number of nitrogens with zero attached hydrogens (tertiary/aromatic N) is 2. The van der Waals surface area contributed by atoms with E-state index in [9.17, 15) is 9.59 Å². The number of aryl methyl sites for hydroxylation is 1. The van der Waals surface area contributed by atoms with E-state index in [1.807, 2.05) is 37.3 Å². The fourth-order valence-corrected chi connectivity index (χ4v) is 3.88. The molecule has 2 aromatic carbocycles. The molecule has 0 unspecified atom stereocenters. The van der Waals surface area contributed by atoms with E-state index in [4.69, 9.17) is 11.6 Å². The van der Waals surface area contributed by atoms with Crippen molar-refractivity contribution in [1.29, 1.82) is 0 Å². The molecule has 0 aliphatic carbocycles. The smallest absolute Gasteiger partial charge is 0.238 e. The van der Waals surface area contributed by atoms with E-state index in [2.05, 4.69) is 33.4 Å². The molecule has 0 aromatic heterocycles. The van der Waals surface area contributed by atoms with Crippen LogP contribution in [0.25, 0.3) is 0 Å². The van der Waals surface area contributed by atoms with Crippen LogP contribution in [0.2, 0.25) is 5.02 Å². The van der Waals surface area contributed by atoms with E-state index in [-0.39, 0.29) is 17.9 Å². The maximum atomic E-state index is 12.5. The van der Waals surface area contributed by atoms with Gasteiger partial charge in [-0.3, -0.25) is 19.4 Å². The summed E-state index contributed by atoms with van der Waals surface area (Å²) in [6.45, 7) is 7.75. The maximum absolute atomic E-state index is 12.5. The summed E-state index contributed by atoms with van der Waals surface area (Å²) in [5, 5.41) is 6.47. The van der Waals surface area contributed by atoms with E-state index in [0.717, 1.165) is 31.7 Å². The summed E-state index contributed by atoms with van der Waals surface area (Å²) >= 11 is 6.09. The zero-order valence-electron chi connectivity index (χ0n) is 17.5. The molecule has 1 aliphatic heterocycles. The predicted molar refractivity (Wildman–Crippen MR) is 121 cm³/mol. The third-order valence-electron chi connectivity index (χ3n) is 5.38. The van der Waals surface area contributed by atoms with Crippen LogP contribution >= 0.6 is 11.6 Å². The molecular weight excluding hydrogens is 400 g/mol. The normalized spacial score (nSPS) is 16.1. The SMILES string of the molecule is Cc1ccccc1[C@H](C)NC(=O)CN1CCN(CC(=O)Nc2ccccc2Cl)CC1. The molecule has 7 heteroatoms. The first-order chi connectivity index (χ1) is 14.4. The molecule has 1 atom stereocenters. The molecule has 0 bridgehead atoms. The lowest BCUT2D eigenvalue weighted by atomic mass is 10.0. The molecule has 2 N–H and O–H groups in total. The van der Waals surface area contributed by atoms with Crippen LogP contribution in [0.5, 0.6) is 0 Å². The number of benzene rings is 2. The highest BCUT2D eigenvalue weighted by Gasteiger charge is 2.21. The van der Waals surface area contributed by atoms with Crippen molar-refractivity contribution in [1.82, 2.24) is 15.1 Å². The van der Waals surface area contributed by atoms with Gasteiger partial charge in [0, 0.05) is 26.2 Å². The number of hydrogen-bond acceptors (Lipinski definition) is 4. The molecule has 6 nitrogen and oxygen atoms in total. The number of anilines is 1. The molecule has 1 saturated heterocycles. The third-order valence-corrected chi connectivity index (χ3v) is 5.71. The average molecular weight is 429 g/mol. The van der Waals surface area contributed by atoms with Crippen molar-refractivity contribution in [3.63, 3.8) is 0 Å². The van der Waals surface area contributed by atoms with Gasteiger partial charge < -0.3 is 10.6 Å². The number of hydrogen-bond donors (Lipinski definition) is 2. The van der Waals surface area contributed by atoms with Gasteiger partial charge in [-0.25, -0.2) is 0 Å². The highest BCUT2D eigenvalue weighted by molar-refractivity contribution is 6.33. The Hall–Kier alpha value is -2.41. The monoisotopic (exact) mass is 428 g/mol. The Kier molecular flexibility index (Phi) is 7.85. The average Bonchev–Trinajstić information content (AvgIpc) is 2.71. The molecule has 1 heterocycles. The Labute approximate surface area is 183 Å². The molecule has 0 spiro atoms. The third kappa shape index (κ3) is 6.29. The minimum atomic E-state index is -0.0821. The van der Waals surface area contributed by atoms with Crippen molar-refractivity contribution in [2.24, 2.45) is 0 Å². The van der Waals surface area contributed by atoms with Crippen LogP contribution < -0.4 is 10.6 Å². The zero-order valence-corrected chi connectivity index (χ0v) is 18.3. The highest BCUT2D eigenvalue weighted by atomic mass is 35.5. The number of para-hydroxylation sites is 1. The highest BCUT2D eigenvalue weighted by Crippen LogP contribution is 2.20. The van der Waals surface area contributed by atoms with E-state index in [1.54, 1.807) is 12.1 Å². The van der Waals surface area contributed by atoms with Gasteiger partial charge in [-0.1, -0.05) is 48.0 Å². The summed E-state index contributed by atoms with van der Waals surface area (Å²) < 4.78 is 0. The molecule has 30 heavy (non-hydrogen) atoms. The molecule has 2 amide bonds. The van der Waals surface area contributed by atoms with E-state index >= 15 is 0 Å². The van der Waals surface area contributed by atoms with Crippen molar-refractivity contribution in [2.75, 3.05) is 44.6 Å². The van der Waals surface area contributed by atoms with E-state index in [0.29, 0.717) is 23.8 Å². The van der Waals surface area contributed by atoms with Gasteiger partial charge in [-0.05, 0) is 37.1 Å². The molecule has 0 radical (unpaired) electrons. The minimum absolute atomic E-state index is 0.0199. The number of nitrogens with one attached hydrogen (secondary N) is 2. The zero-order chi connectivity index (χ0) is 21.5. The lowest BCUT2D eigenvalue weighted by molar-refractivity contribution is -0.124. The van der Waals surface area contributed by atoms with Crippen molar-refractivity contribution in [3.8, 4) is 0 Å². The molecule has 0 saturated carbocycles. The second kappa shape index (κ2) is 10.6. The van der Waals surface area contributed by atoms with Gasteiger partial charge in [-0.15, -0.1) is 0 Å². The summed E-state index contributed by atoms with van der Waals surface area (Å²) in [5.74, 6) is -0.0583. The second-order valence-corrected chi connectivity index (χ2v) is 8.13. The number of carbonyl (C=O) groups excluding carboxylic acids is 2. The van der Waals surface area contributed by atoms with Crippen LogP contribution in [0, 0.1) is 6.92 Å². The van der Waals surface area contributed by atoms with Crippen LogP contribution in [0.1, 0.15) is 24.1 Å². The van der Waals surface area contributed by atoms with Crippen LogP contribution in [-0.4, -0.2) is 60.9 Å². The van der Waals surface area contributed by atoms with Crippen LogP contribution in [0.4, 0.5) is 5.69 Å². The molecule has 1 aliphatic rings. The maximum Gasteiger partial charge on any atom is 0.238 e. The number of halogens is 1. The Morgan fingerprint density at radius 3 is 2.13 bits per heavy atom. The fourth-order valence-electron chi connectivity index (χ4n) is 3.70. The Bertz CT molecular complexity index is 881. The van der Waals surface area contributed by atoms with Gasteiger partial charge in [0.05, 0.1) is 29.8 Å². The van der Waals surface area contributed by atoms with Crippen molar-refractivity contribution < 1.29 is 9.59 Å². The Balaban J connectivity index is 1.40. The van der Waals surface area contributed by atoms with Gasteiger partial charge >= 0.3 is 0 Å². The first-order valence-corrected chi connectivity index (χ1v) is 10.6. The minimum Gasteiger partial charge on any atom is -0.348 e. The topological polar surface area (TPSA) is 64.7 Å². The van der Waals surface area contributed by atoms with Crippen molar-refractivity contribution in [2.45, 2.75) is 19.9 Å². The summed E-state index contributed by atoms with van der Waals surface area (Å²) in [7, 11) is 0. The Morgan fingerprint density at radius 2 is 1.50 bits per heavy atom. The Morgan fingerprint density at radius 1 is 0.933 bits per heavy atom. The van der Waals surface area contributed by atoms with Gasteiger partial charge in [0.1, 0.15) is 0 Å². The van der Waals surface area contributed by atoms with Gasteiger partial charge in [-0.2, -0.15) is 0 Å². The van der Waals surface area contributed by atoms with Gasteiger partial charge in [0.2, 0.25) is 11.8 Å². The molecule has 3 rings (SSSR count). The first kappa shape index (κ1) is 22.3. The molecule has 2 aromatic rings. The summed E-state index contributed by atoms with van der Waals surface area (Å²) in [5.41, 5.74) is 2.94. The molecule has 1 fully saturated rings. The first-order valence-electron chi connectivity index (χ1n) is 10.3. The summed E-state index contributed by atoms with van der Waals surface area (Å²) in [6.07, 6.45) is 0. The van der Waals surface area contributed by atoms with Crippen molar-refractivity contribution >= 4 is 29.1 Å². The van der Waals surface area contributed by atoms with Gasteiger partial charge in [0.25, 0.3) is 0 Å².